The summed E-state index contributed by atoms with van der Waals surface area (Å²) in [5, 5.41) is 0.534. The van der Waals surface area contributed by atoms with Crippen molar-refractivity contribution in [1.82, 2.24) is 9.88 Å². The maximum atomic E-state index is 12.0. The Kier molecular flexibility index (Phi) is 7.55. The summed E-state index contributed by atoms with van der Waals surface area (Å²) in [6, 6.07) is 3.40. The van der Waals surface area contributed by atoms with Crippen LogP contribution in [0.3, 0.4) is 0 Å². The molecule has 0 bridgehead atoms. The molecule has 18 heavy (non-hydrogen) atoms. The van der Waals surface area contributed by atoms with Gasteiger partial charge in [-0.1, -0.05) is 11.6 Å². The standard InChI is InChI=1S/C11H14ClN3O.2ClH/c12-8-3-4-10(14-6-8)11(16)15-5-1-2-9(13)7-15;;/h3-4,6,9H,1-2,5,7,13H2;2*1H. The molecular weight excluding hydrogens is 297 g/mol. The Balaban J connectivity index is 0.00000144. The summed E-state index contributed by atoms with van der Waals surface area (Å²) in [5.74, 6) is -0.0631. The average molecular weight is 313 g/mol. The van der Waals surface area contributed by atoms with E-state index < -0.39 is 0 Å². The number of amides is 1. The van der Waals surface area contributed by atoms with E-state index in [2.05, 4.69) is 4.98 Å². The third-order valence-corrected chi connectivity index (χ3v) is 2.92. The largest absolute Gasteiger partial charge is 0.336 e. The predicted octanol–water partition coefficient (Wildman–Crippen LogP) is 2.14. The molecule has 2 heterocycles. The molecule has 1 amide bonds. The number of hydrogen-bond donors (Lipinski definition) is 1. The molecule has 0 radical (unpaired) electrons. The van der Waals surface area contributed by atoms with E-state index in [1.807, 2.05) is 0 Å². The highest BCUT2D eigenvalue weighted by molar-refractivity contribution is 6.30. The van der Waals surface area contributed by atoms with Crippen molar-refractivity contribution in [2.24, 2.45) is 5.73 Å². The van der Waals surface area contributed by atoms with Crippen LogP contribution in [-0.4, -0.2) is 34.9 Å². The number of rotatable bonds is 1. The number of carbonyl (C=O) groups excluding carboxylic acids is 1. The van der Waals surface area contributed by atoms with E-state index in [1.165, 1.54) is 6.20 Å². The van der Waals surface area contributed by atoms with Crippen molar-refractivity contribution in [2.75, 3.05) is 13.1 Å². The van der Waals surface area contributed by atoms with Crippen molar-refractivity contribution in [3.8, 4) is 0 Å². The minimum Gasteiger partial charge on any atom is -0.336 e. The number of carbonyl (C=O) groups is 1. The number of aromatic nitrogens is 1. The van der Waals surface area contributed by atoms with Crippen molar-refractivity contribution in [3.63, 3.8) is 0 Å². The van der Waals surface area contributed by atoms with Gasteiger partial charge in [-0.2, -0.15) is 0 Å². The van der Waals surface area contributed by atoms with Crippen LogP contribution in [0.5, 0.6) is 0 Å². The number of piperidine rings is 1. The molecule has 0 aliphatic carbocycles. The second kappa shape index (κ2) is 7.79. The SMILES string of the molecule is Cl.Cl.NC1CCCN(C(=O)c2ccc(Cl)cn2)C1. The van der Waals surface area contributed by atoms with Crippen LogP contribution in [-0.2, 0) is 0 Å². The molecule has 2 rings (SSSR count). The molecule has 1 atom stereocenters. The van der Waals surface area contributed by atoms with Gasteiger partial charge in [-0.25, -0.2) is 4.98 Å². The molecule has 1 fully saturated rings. The van der Waals surface area contributed by atoms with Crippen LogP contribution in [0.4, 0.5) is 0 Å². The van der Waals surface area contributed by atoms with E-state index in [0.717, 1.165) is 19.4 Å². The fraction of sp³-hybridized carbons (Fsp3) is 0.455. The summed E-state index contributed by atoms with van der Waals surface area (Å²) < 4.78 is 0. The normalized spacial score (nSPS) is 18.6. The Morgan fingerprint density at radius 1 is 1.44 bits per heavy atom. The van der Waals surface area contributed by atoms with E-state index in [4.69, 9.17) is 17.3 Å². The van der Waals surface area contributed by atoms with Gasteiger partial charge in [0, 0.05) is 25.3 Å². The molecule has 1 saturated heterocycles. The van der Waals surface area contributed by atoms with Gasteiger partial charge in [0.2, 0.25) is 0 Å². The van der Waals surface area contributed by atoms with Crippen molar-refractivity contribution in [1.29, 1.82) is 0 Å². The number of pyridine rings is 1. The first kappa shape index (κ1) is 17.4. The Bertz CT molecular complexity index is 386. The quantitative estimate of drug-likeness (QED) is 0.864. The van der Waals surface area contributed by atoms with Gasteiger partial charge in [0.1, 0.15) is 5.69 Å². The fourth-order valence-electron chi connectivity index (χ4n) is 1.86. The zero-order valence-electron chi connectivity index (χ0n) is 9.71. The lowest BCUT2D eigenvalue weighted by molar-refractivity contribution is 0.0703. The lowest BCUT2D eigenvalue weighted by atomic mass is 10.1. The van der Waals surface area contributed by atoms with Crippen LogP contribution in [0.1, 0.15) is 23.3 Å². The molecule has 2 N–H and O–H groups in total. The van der Waals surface area contributed by atoms with Crippen LogP contribution in [0.25, 0.3) is 0 Å². The molecule has 1 aliphatic rings. The third kappa shape index (κ3) is 4.28. The van der Waals surface area contributed by atoms with Gasteiger partial charge < -0.3 is 10.6 Å². The van der Waals surface area contributed by atoms with Crippen molar-refractivity contribution >= 4 is 42.3 Å². The highest BCUT2D eigenvalue weighted by Crippen LogP contribution is 2.13. The maximum absolute atomic E-state index is 12.0. The predicted molar refractivity (Wildman–Crippen MR) is 76.9 cm³/mol. The van der Waals surface area contributed by atoms with Crippen molar-refractivity contribution in [2.45, 2.75) is 18.9 Å². The minimum absolute atomic E-state index is 0. The summed E-state index contributed by atoms with van der Waals surface area (Å²) in [6.07, 6.45) is 3.43. The van der Waals surface area contributed by atoms with Crippen LogP contribution >= 0.6 is 36.4 Å². The minimum atomic E-state index is -0.0631. The number of nitrogens with zero attached hydrogens (tertiary/aromatic N) is 2. The molecule has 102 valence electrons. The molecule has 1 aromatic rings. The smallest absolute Gasteiger partial charge is 0.272 e. The van der Waals surface area contributed by atoms with Gasteiger partial charge in [-0.05, 0) is 25.0 Å². The Morgan fingerprint density at radius 2 is 2.17 bits per heavy atom. The lowest BCUT2D eigenvalue weighted by Gasteiger charge is -2.30. The Labute approximate surface area is 124 Å². The average Bonchev–Trinajstić information content (AvgIpc) is 2.29. The monoisotopic (exact) mass is 311 g/mol. The molecule has 1 aromatic heterocycles. The summed E-state index contributed by atoms with van der Waals surface area (Å²) in [7, 11) is 0. The number of halogens is 3. The van der Waals surface area contributed by atoms with Crippen molar-refractivity contribution in [3.05, 3.63) is 29.0 Å². The zero-order chi connectivity index (χ0) is 11.5. The Morgan fingerprint density at radius 3 is 2.72 bits per heavy atom. The first-order valence-corrected chi connectivity index (χ1v) is 5.71. The summed E-state index contributed by atoms with van der Waals surface area (Å²) in [6.45, 7) is 1.37. The van der Waals surface area contributed by atoms with Crippen LogP contribution in [0.2, 0.25) is 5.02 Å². The summed E-state index contributed by atoms with van der Waals surface area (Å²) in [5.41, 5.74) is 6.26. The van der Waals surface area contributed by atoms with E-state index in [9.17, 15) is 4.79 Å². The van der Waals surface area contributed by atoms with Crippen LogP contribution in [0.15, 0.2) is 18.3 Å². The van der Waals surface area contributed by atoms with Crippen LogP contribution < -0.4 is 5.73 Å². The molecule has 0 spiro atoms. The lowest BCUT2D eigenvalue weighted by Crippen LogP contribution is -2.45. The van der Waals surface area contributed by atoms with Gasteiger partial charge >= 0.3 is 0 Å². The van der Waals surface area contributed by atoms with Crippen molar-refractivity contribution < 1.29 is 4.79 Å². The molecule has 7 heteroatoms. The molecular formula is C11H16Cl3N3O. The maximum Gasteiger partial charge on any atom is 0.272 e. The third-order valence-electron chi connectivity index (χ3n) is 2.69. The number of hydrogen-bond acceptors (Lipinski definition) is 3. The highest BCUT2D eigenvalue weighted by atomic mass is 35.5. The second-order valence-corrected chi connectivity index (χ2v) is 4.45. The van der Waals surface area contributed by atoms with E-state index in [-0.39, 0.29) is 36.8 Å². The first-order chi connectivity index (χ1) is 7.66. The van der Waals surface area contributed by atoms with Gasteiger partial charge in [0.05, 0.1) is 5.02 Å². The number of likely N-dealkylation sites (tertiary alicyclic amines) is 1. The Hall–Kier alpha value is -0.550. The number of nitrogens with two attached hydrogens (primary N) is 1. The first-order valence-electron chi connectivity index (χ1n) is 5.33. The topological polar surface area (TPSA) is 59.2 Å². The molecule has 4 nitrogen and oxygen atoms in total. The van der Waals surface area contributed by atoms with E-state index in [1.54, 1.807) is 17.0 Å². The summed E-state index contributed by atoms with van der Waals surface area (Å²) in [4.78, 5) is 17.8. The van der Waals surface area contributed by atoms with Gasteiger partial charge in [-0.3, -0.25) is 4.79 Å². The fourth-order valence-corrected chi connectivity index (χ4v) is 1.97. The van der Waals surface area contributed by atoms with E-state index in [0.29, 0.717) is 17.3 Å². The molecule has 1 aliphatic heterocycles. The van der Waals surface area contributed by atoms with Gasteiger partial charge in [-0.15, -0.1) is 24.8 Å². The van der Waals surface area contributed by atoms with Gasteiger partial charge in [0.25, 0.3) is 5.91 Å². The van der Waals surface area contributed by atoms with Gasteiger partial charge in [0.15, 0.2) is 0 Å². The highest BCUT2D eigenvalue weighted by Gasteiger charge is 2.22. The van der Waals surface area contributed by atoms with Crippen LogP contribution in [0, 0.1) is 0 Å². The molecule has 0 aromatic carbocycles. The second-order valence-electron chi connectivity index (χ2n) is 4.02. The molecule has 1 unspecified atom stereocenters. The van der Waals surface area contributed by atoms with E-state index >= 15 is 0 Å². The zero-order valence-corrected chi connectivity index (χ0v) is 12.1. The molecule has 0 saturated carbocycles. The summed E-state index contributed by atoms with van der Waals surface area (Å²) >= 11 is 5.72.